The second-order valence-electron chi connectivity index (χ2n) is 10.6. The molecule has 1 heterocycles. The summed E-state index contributed by atoms with van der Waals surface area (Å²) in [5.41, 5.74) is 9.79. The molecule has 6 aromatic carbocycles. The highest BCUT2D eigenvalue weighted by Crippen LogP contribution is 2.41. The lowest BCUT2D eigenvalue weighted by atomic mass is 10.1. The van der Waals surface area contributed by atoms with Crippen LogP contribution in [0.5, 0.6) is 0 Å². The van der Waals surface area contributed by atoms with Crippen LogP contribution in [0.1, 0.15) is 0 Å². The summed E-state index contributed by atoms with van der Waals surface area (Å²) < 4.78 is 0. The third kappa shape index (κ3) is 5.37. The Kier molecular flexibility index (Phi) is 7.46. The monoisotopic (exact) mass is 568 g/mol. The molecule has 0 aliphatic carbocycles. The maximum Gasteiger partial charge on any atom is 0.0723 e. The standard InChI is InChI=1S/C40H32N4/c1-42(31-13-5-2-6-14-31)32-21-23-35(24-22-32)43(33-15-7-3-8-16-33)36-25-27-37(28-26-36)44(34-17-9-4-10-18-34)40-29-30-41-39-20-12-11-19-38(39)40/h2-30H,1H3. The van der Waals surface area contributed by atoms with Crippen molar-refractivity contribution in [1.82, 2.24) is 4.98 Å². The lowest BCUT2D eigenvalue weighted by Crippen LogP contribution is -2.13. The summed E-state index contributed by atoms with van der Waals surface area (Å²) in [6.07, 6.45) is 1.89. The van der Waals surface area contributed by atoms with E-state index in [1.54, 1.807) is 0 Å². The number of fused-ring (bicyclic) bond motifs is 1. The van der Waals surface area contributed by atoms with Gasteiger partial charge in [-0.3, -0.25) is 4.98 Å². The molecule has 0 spiro atoms. The second-order valence-corrected chi connectivity index (χ2v) is 10.6. The SMILES string of the molecule is CN(c1ccccc1)c1ccc(N(c2ccccc2)c2ccc(N(c3ccccc3)c3ccnc4ccccc34)cc2)cc1. The smallest absolute Gasteiger partial charge is 0.0723 e. The van der Waals surface area contributed by atoms with Gasteiger partial charge in [0.1, 0.15) is 0 Å². The molecule has 0 aliphatic heterocycles. The number of para-hydroxylation sites is 4. The fraction of sp³-hybridized carbons (Fsp3) is 0.0250. The van der Waals surface area contributed by atoms with Crippen molar-refractivity contribution in [1.29, 1.82) is 0 Å². The van der Waals surface area contributed by atoms with Crippen molar-refractivity contribution in [3.8, 4) is 0 Å². The van der Waals surface area contributed by atoms with Gasteiger partial charge in [-0.2, -0.15) is 0 Å². The highest BCUT2D eigenvalue weighted by Gasteiger charge is 2.18. The Labute approximate surface area is 258 Å². The summed E-state index contributed by atoms with van der Waals surface area (Å²) >= 11 is 0. The van der Waals surface area contributed by atoms with Crippen LogP contribution in [0.4, 0.5) is 45.5 Å². The predicted molar refractivity (Wildman–Crippen MR) is 186 cm³/mol. The molecule has 0 unspecified atom stereocenters. The molecule has 0 saturated heterocycles. The van der Waals surface area contributed by atoms with Gasteiger partial charge in [0.25, 0.3) is 0 Å². The summed E-state index contributed by atoms with van der Waals surface area (Å²) in [4.78, 5) is 11.4. The number of hydrogen-bond acceptors (Lipinski definition) is 4. The summed E-state index contributed by atoms with van der Waals surface area (Å²) in [6, 6.07) is 59.4. The van der Waals surface area contributed by atoms with Gasteiger partial charge >= 0.3 is 0 Å². The van der Waals surface area contributed by atoms with E-state index >= 15 is 0 Å². The zero-order chi connectivity index (χ0) is 29.7. The number of aromatic nitrogens is 1. The van der Waals surface area contributed by atoms with Crippen LogP contribution in [0.3, 0.4) is 0 Å². The van der Waals surface area contributed by atoms with E-state index in [2.05, 4.69) is 184 Å². The first-order chi connectivity index (χ1) is 21.8. The first-order valence-electron chi connectivity index (χ1n) is 14.8. The number of pyridine rings is 1. The Hall–Kier alpha value is -5.87. The molecule has 7 aromatic rings. The summed E-state index contributed by atoms with van der Waals surface area (Å²) in [6.45, 7) is 0. The van der Waals surface area contributed by atoms with E-state index in [1.807, 2.05) is 18.3 Å². The Morgan fingerprint density at radius 2 is 0.750 bits per heavy atom. The van der Waals surface area contributed by atoms with Crippen molar-refractivity contribution >= 4 is 56.4 Å². The van der Waals surface area contributed by atoms with Crippen molar-refractivity contribution in [2.45, 2.75) is 0 Å². The molecule has 212 valence electrons. The average Bonchev–Trinajstić information content (AvgIpc) is 3.11. The quantitative estimate of drug-likeness (QED) is 0.182. The van der Waals surface area contributed by atoms with Crippen LogP contribution in [-0.4, -0.2) is 12.0 Å². The van der Waals surface area contributed by atoms with Crippen molar-refractivity contribution in [3.05, 3.63) is 176 Å². The number of rotatable bonds is 8. The fourth-order valence-corrected chi connectivity index (χ4v) is 5.68. The van der Waals surface area contributed by atoms with Crippen LogP contribution in [0.15, 0.2) is 176 Å². The number of hydrogen-bond donors (Lipinski definition) is 0. The lowest BCUT2D eigenvalue weighted by molar-refractivity contribution is 1.20. The molecular formula is C40H32N4. The summed E-state index contributed by atoms with van der Waals surface area (Å²) in [5.74, 6) is 0. The lowest BCUT2D eigenvalue weighted by Gasteiger charge is -2.29. The van der Waals surface area contributed by atoms with E-state index in [9.17, 15) is 0 Å². The molecule has 7 rings (SSSR count). The highest BCUT2D eigenvalue weighted by molar-refractivity contribution is 5.97. The molecule has 0 amide bonds. The second kappa shape index (κ2) is 12.2. The third-order valence-corrected chi connectivity index (χ3v) is 7.90. The van der Waals surface area contributed by atoms with Gasteiger partial charge in [-0.15, -0.1) is 0 Å². The minimum atomic E-state index is 0.971. The van der Waals surface area contributed by atoms with Crippen LogP contribution in [0, 0.1) is 0 Å². The fourth-order valence-electron chi connectivity index (χ4n) is 5.68. The highest BCUT2D eigenvalue weighted by atomic mass is 15.2. The number of nitrogens with zero attached hydrogens (tertiary/aromatic N) is 4. The van der Waals surface area contributed by atoms with E-state index in [0.717, 1.165) is 56.4 Å². The Bertz CT molecular complexity index is 1950. The molecule has 0 fully saturated rings. The first-order valence-corrected chi connectivity index (χ1v) is 14.8. The first kappa shape index (κ1) is 27.0. The molecule has 0 aliphatic rings. The van der Waals surface area contributed by atoms with Crippen molar-refractivity contribution in [3.63, 3.8) is 0 Å². The molecule has 0 bridgehead atoms. The van der Waals surface area contributed by atoms with Gasteiger partial charge in [0, 0.05) is 58.4 Å². The van der Waals surface area contributed by atoms with Crippen LogP contribution < -0.4 is 14.7 Å². The van der Waals surface area contributed by atoms with Gasteiger partial charge in [0.2, 0.25) is 0 Å². The number of anilines is 8. The van der Waals surface area contributed by atoms with Gasteiger partial charge in [-0.1, -0.05) is 72.8 Å². The Morgan fingerprint density at radius 3 is 1.32 bits per heavy atom. The molecule has 4 nitrogen and oxygen atoms in total. The summed E-state index contributed by atoms with van der Waals surface area (Å²) in [7, 11) is 2.10. The maximum atomic E-state index is 4.61. The van der Waals surface area contributed by atoms with Crippen LogP contribution in [-0.2, 0) is 0 Å². The minimum absolute atomic E-state index is 0.971. The van der Waals surface area contributed by atoms with Gasteiger partial charge in [0.05, 0.1) is 11.2 Å². The van der Waals surface area contributed by atoms with Gasteiger partial charge in [-0.25, -0.2) is 0 Å². The van der Waals surface area contributed by atoms with E-state index in [0.29, 0.717) is 0 Å². The molecule has 0 saturated carbocycles. The normalized spacial score (nSPS) is 10.8. The Morgan fingerprint density at radius 1 is 0.364 bits per heavy atom. The van der Waals surface area contributed by atoms with Gasteiger partial charge < -0.3 is 14.7 Å². The summed E-state index contributed by atoms with van der Waals surface area (Å²) in [5, 5.41) is 1.11. The zero-order valence-corrected chi connectivity index (χ0v) is 24.5. The molecule has 0 radical (unpaired) electrons. The molecular weight excluding hydrogens is 536 g/mol. The van der Waals surface area contributed by atoms with Gasteiger partial charge in [-0.05, 0) is 97.1 Å². The average molecular weight is 569 g/mol. The maximum absolute atomic E-state index is 4.61. The molecule has 0 N–H and O–H groups in total. The molecule has 1 aromatic heterocycles. The largest absolute Gasteiger partial charge is 0.345 e. The Balaban J connectivity index is 1.28. The zero-order valence-electron chi connectivity index (χ0n) is 24.5. The third-order valence-electron chi connectivity index (χ3n) is 7.90. The topological polar surface area (TPSA) is 22.6 Å². The van der Waals surface area contributed by atoms with E-state index in [4.69, 9.17) is 0 Å². The molecule has 44 heavy (non-hydrogen) atoms. The van der Waals surface area contributed by atoms with Crippen LogP contribution in [0.2, 0.25) is 0 Å². The minimum Gasteiger partial charge on any atom is -0.345 e. The van der Waals surface area contributed by atoms with Crippen LogP contribution >= 0.6 is 0 Å². The van der Waals surface area contributed by atoms with Gasteiger partial charge in [0.15, 0.2) is 0 Å². The van der Waals surface area contributed by atoms with Crippen molar-refractivity contribution in [2.75, 3.05) is 21.7 Å². The van der Waals surface area contributed by atoms with E-state index in [-0.39, 0.29) is 0 Å². The molecule has 4 heteroatoms. The van der Waals surface area contributed by atoms with E-state index < -0.39 is 0 Å². The number of benzene rings is 6. The van der Waals surface area contributed by atoms with Crippen molar-refractivity contribution in [2.24, 2.45) is 0 Å². The predicted octanol–water partition coefficient (Wildman–Crippen LogP) is 10.9. The van der Waals surface area contributed by atoms with Crippen molar-refractivity contribution < 1.29 is 0 Å². The van der Waals surface area contributed by atoms with E-state index in [1.165, 1.54) is 0 Å². The molecule has 0 atom stereocenters. The van der Waals surface area contributed by atoms with Crippen LogP contribution in [0.25, 0.3) is 10.9 Å².